The van der Waals surface area contributed by atoms with Crippen LogP contribution in [0, 0.1) is 18.3 Å². The Morgan fingerprint density at radius 3 is 2.48 bits per heavy atom. The van der Waals surface area contributed by atoms with Crippen LogP contribution in [0.3, 0.4) is 0 Å². The fraction of sp³-hybridized carbons (Fsp3) is 0.258. The molecule has 2 N–H and O–H groups in total. The molecule has 232 valence electrons. The van der Waals surface area contributed by atoms with Crippen molar-refractivity contribution in [3.63, 3.8) is 0 Å². The Labute approximate surface area is 268 Å². The third kappa shape index (κ3) is 6.54. The van der Waals surface area contributed by atoms with Crippen LogP contribution in [0.4, 0.5) is 16.6 Å². The summed E-state index contributed by atoms with van der Waals surface area (Å²) in [6.45, 7) is 1.90. The van der Waals surface area contributed by atoms with Crippen LogP contribution in [0.5, 0.6) is 11.9 Å². The van der Waals surface area contributed by atoms with Gasteiger partial charge in [-0.15, -0.1) is 0 Å². The molecule has 0 aliphatic heterocycles. The van der Waals surface area contributed by atoms with Gasteiger partial charge in [0.1, 0.15) is 23.3 Å². The maximum atomic E-state index is 13.7. The Bertz CT molecular complexity index is 1870. The summed E-state index contributed by atoms with van der Waals surface area (Å²) in [5, 5.41) is 20.1. The van der Waals surface area contributed by atoms with E-state index in [0.717, 1.165) is 16.7 Å². The number of aromatic amines is 1. The molecule has 6 rings (SSSR count). The minimum absolute atomic E-state index is 0.0202. The third-order valence-electron chi connectivity index (χ3n) is 7.57. The topological polar surface area (TPSA) is 181 Å². The van der Waals surface area contributed by atoms with Gasteiger partial charge in [-0.05, 0) is 50.3 Å². The van der Waals surface area contributed by atoms with Crippen molar-refractivity contribution in [2.75, 3.05) is 17.3 Å². The molecule has 46 heavy (non-hydrogen) atoms. The van der Waals surface area contributed by atoms with Gasteiger partial charge in [0.2, 0.25) is 11.8 Å². The summed E-state index contributed by atoms with van der Waals surface area (Å²) < 4.78 is 10.8. The zero-order chi connectivity index (χ0) is 32.0. The van der Waals surface area contributed by atoms with Crippen molar-refractivity contribution in [1.82, 2.24) is 40.1 Å². The van der Waals surface area contributed by atoms with Crippen molar-refractivity contribution in [2.45, 2.75) is 44.7 Å². The lowest BCUT2D eigenvalue weighted by Crippen LogP contribution is -2.46. The summed E-state index contributed by atoms with van der Waals surface area (Å²) in [4.78, 5) is 41.4. The van der Waals surface area contributed by atoms with Crippen LogP contribution in [0.2, 0.25) is 5.02 Å². The number of carbonyl (C=O) groups is 1. The Balaban J connectivity index is 1.21. The van der Waals surface area contributed by atoms with Gasteiger partial charge in [0.05, 0.1) is 23.9 Å². The second kappa shape index (κ2) is 13.5. The molecule has 1 aliphatic rings. The molecule has 0 unspecified atom stereocenters. The first-order chi connectivity index (χ1) is 22.4. The number of ether oxygens (including phenoxy) is 2. The van der Waals surface area contributed by atoms with Gasteiger partial charge in [-0.25, -0.2) is 34.7 Å². The monoisotopic (exact) mass is 637 g/mol. The number of aromatic nitrogens is 8. The number of hydrogen-bond acceptors (Lipinski definition) is 12. The van der Waals surface area contributed by atoms with E-state index in [1.165, 1.54) is 19.5 Å². The van der Waals surface area contributed by atoms with Gasteiger partial charge in [-0.2, -0.15) is 10.4 Å². The zero-order valence-electron chi connectivity index (χ0n) is 24.9. The van der Waals surface area contributed by atoms with Gasteiger partial charge in [-0.3, -0.25) is 10.00 Å². The van der Waals surface area contributed by atoms with Gasteiger partial charge < -0.3 is 14.8 Å². The molecule has 1 saturated carbocycles. The number of nitrogens with one attached hydrogen (secondary N) is 2. The van der Waals surface area contributed by atoms with Crippen molar-refractivity contribution in [2.24, 2.45) is 0 Å². The number of nitrogens with zero attached hydrogens (tertiary/aromatic N) is 9. The molecular weight excluding hydrogens is 610 g/mol. The number of halogens is 1. The Hall–Kier alpha value is -5.68. The first kappa shape index (κ1) is 30.4. The van der Waals surface area contributed by atoms with Crippen LogP contribution in [0.1, 0.15) is 36.8 Å². The number of rotatable bonds is 8. The molecule has 14 nitrogen and oxygen atoms in total. The van der Waals surface area contributed by atoms with Crippen molar-refractivity contribution in [3.05, 3.63) is 77.6 Å². The number of aryl methyl sites for hydroxylation is 1. The minimum atomic E-state index is -0.567. The van der Waals surface area contributed by atoms with Gasteiger partial charge in [0, 0.05) is 60.3 Å². The van der Waals surface area contributed by atoms with Crippen molar-refractivity contribution >= 4 is 29.5 Å². The average molecular weight is 638 g/mol. The second-order valence-electron chi connectivity index (χ2n) is 10.5. The van der Waals surface area contributed by atoms with E-state index >= 15 is 0 Å². The predicted octanol–water partition coefficient (Wildman–Crippen LogP) is 5.38. The maximum absolute atomic E-state index is 13.7. The summed E-state index contributed by atoms with van der Waals surface area (Å²) in [6.07, 6.45) is 11.7. The molecular formula is C31H28ClN11O3. The standard InChI is InChI=1S/C31H28ClN11O3/c1-18-11-19(21-15-37-30(45-2)38-16-21)13-35-28(18)43(31(44)46-25-5-3-4-10-34-25)23-8-6-22(7-9-23)40-29-36-14-20(12-33)26(41-29)27-24(32)17-39-42-27/h3-5,10-11,13-17,22-23H,6-9H2,1-2H3,(H,39,42)(H,36,40,41)/t22-,23-. The van der Waals surface area contributed by atoms with E-state index in [1.54, 1.807) is 47.9 Å². The van der Waals surface area contributed by atoms with E-state index in [2.05, 4.69) is 46.5 Å². The van der Waals surface area contributed by atoms with E-state index < -0.39 is 6.09 Å². The number of methoxy groups -OCH3 is 1. The number of pyridine rings is 2. The SMILES string of the molecule is COc1ncc(-c2cnc(N(C(=O)Oc3ccccn3)[C@H]3CC[C@H](Nc4ncc(C#N)c(-c5n[nH]cc5Cl)n4)CC3)c(C)c2)cn1. The van der Waals surface area contributed by atoms with Crippen LogP contribution in [0.15, 0.2) is 61.4 Å². The zero-order valence-corrected chi connectivity index (χ0v) is 25.6. The number of carbonyl (C=O) groups excluding carboxylic acids is 1. The smallest absolute Gasteiger partial charge is 0.422 e. The first-order valence-electron chi connectivity index (χ1n) is 14.4. The first-order valence-corrected chi connectivity index (χ1v) is 14.8. The highest BCUT2D eigenvalue weighted by Gasteiger charge is 2.33. The molecule has 5 aromatic rings. The molecule has 1 amide bonds. The Morgan fingerprint density at radius 2 is 1.83 bits per heavy atom. The van der Waals surface area contributed by atoms with Crippen LogP contribution in [-0.4, -0.2) is 65.4 Å². The normalized spacial score (nSPS) is 15.9. The lowest BCUT2D eigenvalue weighted by Gasteiger charge is -2.36. The summed E-state index contributed by atoms with van der Waals surface area (Å²) in [6, 6.07) is 9.25. The number of nitriles is 1. The van der Waals surface area contributed by atoms with Crippen molar-refractivity contribution in [1.29, 1.82) is 5.26 Å². The molecule has 0 spiro atoms. The lowest BCUT2D eigenvalue weighted by molar-refractivity contribution is 0.199. The van der Waals surface area contributed by atoms with E-state index in [9.17, 15) is 10.1 Å². The molecule has 0 radical (unpaired) electrons. The fourth-order valence-electron chi connectivity index (χ4n) is 5.32. The van der Waals surface area contributed by atoms with Crippen LogP contribution < -0.4 is 19.7 Å². The lowest BCUT2D eigenvalue weighted by atomic mass is 9.90. The number of anilines is 2. The molecule has 1 fully saturated rings. The highest BCUT2D eigenvalue weighted by atomic mass is 35.5. The van der Waals surface area contributed by atoms with Crippen LogP contribution in [-0.2, 0) is 0 Å². The van der Waals surface area contributed by atoms with Gasteiger partial charge >= 0.3 is 12.1 Å². The average Bonchev–Trinajstić information content (AvgIpc) is 3.52. The minimum Gasteiger partial charge on any atom is -0.467 e. The summed E-state index contributed by atoms with van der Waals surface area (Å²) in [5.74, 6) is 1.05. The molecule has 0 aromatic carbocycles. The van der Waals surface area contributed by atoms with Crippen molar-refractivity contribution < 1.29 is 14.3 Å². The van der Waals surface area contributed by atoms with Crippen LogP contribution >= 0.6 is 11.6 Å². The van der Waals surface area contributed by atoms with E-state index in [4.69, 9.17) is 26.1 Å². The van der Waals surface area contributed by atoms with E-state index in [1.807, 2.05) is 13.0 Å². The second-order valence-corrected chi connectivity index (χ2v) is 10.9. The molecule has 5 heterocycles. The summed E-state index contributed by atoms with van der Waals surface area (Å²) in [7, 11) is 1.51. The fourth-order valence-corrected chi connectivity index (χ4v) is 5.50. The van der Waals surface area contributed by atoms with E-state index in [-0.39, 0.29) is 29.5 Å². The van der Waals surface area contributed by atoms with E-state index in [0.29, 0.717) is 53.9 Å². The maximum Gasteiger partial charge on any atom is 0.422 e. The number of H-pyrrole nitrogens is 1. The highest BCUT2D eigenvalue weighted by Crippen LogP contribution is 2.33. The Morgan fingerprint density at radius 1 is 1.04 bits per heavy atom. The van der Waals surface area contributed by atoms with Crippen molar-refractivity contribution in [3.8, 4) is 40.5 Å². The molecule has 1 aliphatic carbocycles. The predicted molar refractivity (Wildman–Crippen MR) is 168 cm³/mol. The van der Waals surface area contributed by atoms with Gasteiger partial charge in [0.15, 0.2) is 0 Å². The molecule has 5 aromatic heterocycles. The summed E-state index contributed by atoms with van der Waals surface area (Å²) in [5.41, 5.74) is 3.32. The number of hydrogen-bond donors (Lipinski definition) is 2. The number of amides is 1. The summed E-state index contributed by atoms with van der Waals surface area (Å²) >= 11 is 6.24. The molecule has 0 bridgehead atoms. The Kier molecular flexibility index (Phi) is 8.93. The molecule has 0 saturated heterocycles. The van der Waals surface area contributed by atoms with Gasteiger partial charge in [0.25, 0.3) is 0 Å². The van der Waals surface area contributed by atoms with Gasteiger partial charge in [-0.1, -0.05) is 17.7 Å². The quantitative estimate of drug-likeness (QED) is 0.222. The van der Waals surface area contributed by atoms with Crippen LogP contribution in [0.25, 0.3) is 22.5 Å². The molecule has 15 heteroatoms. The molecule has 0 atom stereocenters. The third-order valence-corrected chi connectivity index (χ3v) is 7.86. The highest BCUT2D eigenvalue weighted by molar-refractivity contribution is 6.32. The largest absolute Gasteiger partial charge is 0.467 e.